The summed E-state index contributed by atoms with van der Waals surface area (Å²) in [6.45, 7) is 3.78. The van der Waals surface area contributed by atoms with E-state index in [4.69, 9.17) is 10.5 Å². The highest BCUT2D eigenvalue weighted by atomic mass is 32.2. The van der Waals surface area contributed by atoms with Crippen molar-refractivity contribution >= 4 is 44.0 Å². The molecule has 9 nitrogen and oxygen atoms in total. The normalized spacial score (nSPS) is 17.8. The molecule has 3 aromatic rings. The van der Waals surface area contributed by atoms with Gasteiger partial charge in [0.2, 0.25) is 5.91 Å². The van der Waals surface area contributed by atoms with Gasteiger partial charge in [0.25, 0.3) is 0 Å². The number of esters is 1. The van der Waals surface area contributed by atoms with E-state index in [-0.39, 0.29) is 29.7 Å². The number of ether oxygens (including phenoxy) is 1. The number of anilines is 2. The highest BCUT2D eigenvalue weighted by Gasteiger charge is 2.44. The number of nitrogens with two attached hydrogens (primary N) is 1. The van der Waals surface area contributed by atoms with Crippen LogP contribution < -0.4 is 11.1 Å². The highest BCUT2D eigenvalue weighted by molar-refractivity contribution is 7.91. The number of fused-ring (bicyclic) bond motifs is 1. The Morgan fingerprint density at radius 3 is 2.69 bits per heavy atom. The van der Waals surface area contributed by atoms with Gasteiger partial charge in [-0.2, -0.15) is 0 Å². The third-order valence-electron chi connectivity index (χ3n) is 6.50. The predicted octanol–water partition coefficient (Wildman–Crippen LogP) is 3.18. The molecule has 2 aromatic carbocycles. The van der Waals surface area contributed by atoms with Crippen molar-refractivity contribution in [1.29, 1.82) is 0 Å². The molecule has 0 saturated carbocycles. The first-order valence-electron chi connectivity index (χ1n) is 11.9. The zero-order chi connectivity index (χ0) is 25.9. The van der Waals surface area contributed by atoms with Crippen LogP contribution in [0.2, 0.25) is 0 Å². The van der Waals surface area contributed by atoms with Crippen LogP contribution >= 0.6 is 0 Å². The summed E-state index contributed by atoms with van der Waals surface area (Å²) >= 11 is 0. The molecule has 1 fully saturated rings. The van der Waals surface area contributed by atoms with Gasteiger partial charge in [0, 0.05) is 23.8 Å². The summed E-state index contributed by atoms with van der Waals surface area (Å²) in [5.74, 6) is -0.989. The molecule has 36 heavy (non-hydrogen) atoms. The molecular weight excluding hydrogens is 480 g/mol. The van der Waals surface area contributed by atoms with Gasteiger partial charge in [-0.1, -0.05) is 25.1 Å². The fourth-order valence-corrected chi connectivity index (χ4v) is 5.85. The van der Waals surface area contributed by atoms with E-state index in [1.807, 2.05) is 24.3 Å². The highest BCUT2D eigenvalue weighted by Crippen LogP contribution is 2.41. The number of nitrogen functional groups attached to an aromatic ring is 1. The van der Waals surface area contributed by atoms with E-state index in [0.717, 1.165) is 16.5 Å². The van der Waals surface area contributed by atoms with Crippen LogP contribution in [0.25, 0.3) is 10.8 Å². The first-order valence-corrected chi connectivity index (χ1v) is 13.6. The number of pyridine rings is 1. The molecule has 10 heteroatoms. The Labute approximate surface area is 210 Å². The number of nitrogens with one attached hydrogen (secondary N) is 1. The standard InChI is InChI=1S/C26H30N4O5S/c1-3-35-26(32)21-12-14-30(24(21)20-7-5-6-8-22(20)36(33,34)4-2)23(31)16-29-18-9-10-19-17(15-18)11-13-28-25(19)27/h5-11,13,15,21,24,29H,3-4,12,14,16H2,1-2H3,(H2,27,28)/t21-,24-/m0/s1. The molecule has 190 valence electrons. The lowest BCUT2D eigenvalue weighted by Gasteiger charge is -2.29. The third kappa shape index (κ3) is 4.99. The summed E-state index contributed by atoms with van der Waals surface area (Å²) in [6, 6.07) is 13.2. The average molecular weight is 511 g/mol. The Kier molecular flexibility index (Phi) is 7.44. The van der Waals surface area contributed by atoms with Crippen molar-refractivity contribution in [2.75, 3.05) is 36.5 Å². The molecule has 4 rings (SSSR count). The zero-order valence-corrected chi connectivity index (χ0v) is 21.1. The van der Waals surface area contributed by atoms with Gasteiger partial charge in [0.05, 0.1) is 35.8 Å². The first kappa shape index (κ1) is 25.4. The van der Waals surface area contributed by atoms with Crippen LogP contribution in [0.4, 0.5) is 11.5 Å². The second-order valence-corrected chi connectivity index (χ2v) is 10.9. The number of carbonyl (C=O) groups excluding carboxylic acids is 2. The molecule has 1 amide bonds. The number of rotatable bonds is 8. The fourth-order valence-electron chi connectivity index (χ4n) is 4.71. The largest absolute Gasteiger partial charge is 0.466 e. The summed E-state index contributed by atoms with van der Waals surface area (Å²) in [7, 11) is -3.58. The van der Waals surface area contributed by atoms with E-state index in [2.05, 4.69) is 10.3 Å². The van der Waals surface area contributed by atoms with Crippen LogP contribution in [0.3, 0.4) is 0 Å². The SMILES string of the molecule is CCOC(=O)[C@H]1CCN(C(=O)CNc2ccc3c(N)nccc3c2)[C@H]1c1ccccc1S(=O)(=O)CC. The van der Waals surface area contributed by atoms with E-state index in [1.165, 1.54) is 6.07 Å². The molecule has 1 saturated heterocycles. The number of benzene rings is 2. The Morgan fingerprint density at radius 2 is 1.94 bits per heavy atom. The predicted molar refractivity (Wildman–Crippen MR) is 138 cm³/mol. The number of hydrogen-bond donors (Lipinski definition) is 2. The second kappa shape index (κ2) is 10.5. The molecule has 2 heterocycles. The molecule has 1 aromatic heterocycles. The number of nitrogens with zero attached hydrogens (tertiary/aromatic N) is 2. The van der Waals surface area contributed by atoms with Crippen molar-refractivity contribution in [3.63, 3.8) is 0 Å². The zero-order valence-electron chi connectivity index (χ0n) is 20.3. The average Bonchev–Trinajstić information content (AvgIpc) is 3.33. The molecule has 0 radical (unpaired) electrons. The lowest BCUT2D eigenvalue weighted by atomic mass is 9.93. The van der Waals surface area contributed by atoms with Gasteiger partial charge >= 0.3 is 5.97 Å². The summed E-state index contributed by atoms with van der Waals surface area (Å²) in [5, 5.41) is 4.85. The number of carbonyl (C=O) groups is 2. The number of likely N-dealkylation sites (tertiary alicyclic amines) is 1. The minimum atomic E-state index is -3.58. The number of aromatic nitrogens is 1. The number of amides is 1. The van der Waals surface area contributed by atoms with Gasteiger partial charge in [0.1, 0.15) is 5.82 Å². The van der Waals surface area contributed by atoms with Gasteiger partial charge in [-0.05, 0) is 54.6 Å². The van der Waals surface area contributed by atoms with Gasteiger partial charge in [-0.15, -0.1) is 0 Å². The Balaban J connectivity index is 1.62. The van der Waals surface area contributed by atoms with Crippen molar-refractivity contribution in [1.82, 2.24) is 9.88 Å². The molecule has 0 spiro atoms. The van der Waals surface area contributed by atoms with Crippen LogP contribution in [0.15, 0.2) is 59.6 Å². The van der Waals surface area contributed by atoms with Crippen molar-refractivity contribution in [2.24, 2.45) is 5.92 Å². The summed E-state index contributed by atoms with van der Waals surface area (Å²) < 4.78 is 31.0. The third-order valence-corrected chi connectivity index (χ3v) is 8.30. The quantitative estimate of drug-likeness (QED) is 0.442. The molecule has 1 aliphatic heterocycles. The maximum Gasteiger partial charge on any atom is 0.311 e. The van der Waals surface area contributed by atoms with Gasteiger partial charge in [-0.3, -0.25) is 9.59 Å². The Hall–Kier alpha value is -3.66. The smallest absolute Gasteiger partial charge is 0.311 e. The van der Waals surface area contributed by atoms with Crippen LogP contribution in [0.1, 0.15) is 31.9 Å². The van der Waals surface area contributed by atoms with Crippen molar-refractivity contribution < 1.29 is 22.7 Å². The monoisotopic (exact) mass is 510 g/mol. The van der Waals surface area contributed by atoms with Gasteiger partial charge in [-0.25, -0.2) is 13.4 Å². The van der Waals surface area contributed by atoms with Gasteiger partial charge in [0.15, 0.2) is 9.84 Å². The second-order valence-electron chi connectivity index (χ2n) is 8.61. The van der Waals surface area contributed by atoms with E-state index in [1.54, 1.807) is 43.1 Å². The molecule has 2 atom stereocenters. The fraction of sp³-hybridized carbons (Fsp3) is 0.346. The number of sulfone groups is 1. The summed E-state index contributed by atoms with van der Waals surface area (Å²) in [6.07, 6.45) is 2.01. The molecule has 0 aliphatic carbocycles. The van der Waals surface area contributed by atoms with E-state index >= 15 is 0 Å². The lowest BCUT2D eigenvalue weighted by molar-refractivity contribution is -0.149. The number of hydrogen-bond acceptors (Lipinski definition) is 8. The van der Waals surface area contributed by atoms with E-state index in [0.29, 0.717) is 24.3 Å². The lowest BCUT2D eigenvalue weighted by Crippen LogP contribution is -2.38. The Bertz CT molecular complexity index is 1390. The van der Waals surface area contributed by atoms with Crippen LogP contribution in [0, 0.1) is 5.92 Å². The topological polar surface area (TPSA) is 132 Å². The van der Waals surface area contributed by atoms with Gasteiger partial charge < -0.3 is 20.7 Å². The molecule has 3 N–H and O–H groups in total. The van der Waals surface area contributed by atoms with Crippen molar-refractivity contribution in [3.8, 4) is 0 Å². The first-order chi connectivity index (χ1) is 17.3. The molecule has 1 aliphatic rings. The maximum absolute atomic E-state index is 13.4. The van der Waals surface area contributed by atoms with Crippen molar-refractivity contribution in [3.05, 3.63) is 60.3 Å². The van der Waals surface area contributed by atoms with Crippen LogP contribution in [-0.2, 0) is 24.2 Å². The molecular formula is C26H30N4O5S. The van der Waals surface area contributed by atoms with Crippen LogP contribution in [0.5, 0.6) is 0 Å². The summed E-state index contributed by atoms with van der Waals surface area (Å²) in [5.41, 5.74) is 7.09. The van der Waals surface area contributed by atoms with Crippen molar-refractivity contribution in [2.45, 2.75) is 31.2 Å². The maximum atomic E-state index is 13.4. The molecule has 0 unspecified atom stereocenters. The van der Waals surface area contributed by atoms with Crippen LogP contribution in [-0.4, -0.2) is 55.6 Å². The van der Waals surface area contributed by atoms with E-state index < -0.39 is 27.8 Å². The summed E-state index contributed by atoms with van der Waals surface area (Å²) in [4.78, 5) is 32.0. The Morgan fingerprint density at radius 1 is 1.17 bits per heavy atom. The van der Waals surface area contributed by atoms with E-state index in [9.17, 15) is 18.0 Å². The minimum absolute atomic E-state index is 0.0270. The molecule has 0 bridgehead atoms. The minimum Gasteiger partial charge on any atom is -0.466 e.